The van der Waals surface area contributed by atoms with Crippen molar-refractivity contribution in [1.82, 2.24) is 4.98 Å². The Morgan fingerprint density at radius 2 is 1.95 bits per heavy atom. The first-order valence-corrected chi connectivity index (χ1v) is 8.22. The molecule has 0 aliphatic heterocycles. The third-order valence-corrected chi connectivity index (χ3v) is 4.86. The molecule has 20 heavy (non-hydrogen) atoms. The molecule has 1 aromatic heterocycles. The molecule has 1 N–H and O–H groups in total. The molecule has 2 aromatic rings. The van der Waals surface area contributed by atoms with Gasteiger partial charge in [0.2, 0.25) is 0 Å². The van der Waals surface area contributed by atoms with Gasteiger partial charge in [0, 0.05) is 6.20 Å². The number of para-hydroxylation sites is 1. The molecule has 0 spiro atoms. The van der Waals surface area contributed by atoms with Crippen molar-refractivity contribution in [3.05, 3.63) is 53.3 Å². The first-order valence-electron chi connectivity index (χ1n) is 6.19. The van der Waals surface area contributed by atoms with Crippen molar-refractivity contribution in [2.45, 2.75) is 18.4 Å². The van der Waals surface area contributed by atoms with E-state index in [4.69, 9.17) is 11.6 Å². The zero-order valence-corrected chi connectivity index (χ0v) is 12.6. The number of halogens is 1. The minimum atomic E-state index is -3.24. The summed E-state index contributed by atoms with van der Waals surface area (Å²) in [7, 11) is -3.24. The number of anilines is 1. The Kier molecular flexibility index (Phi) is 4.62. The molecular formula is C14H15ClN2O2S. The second-order valence-corrected chi connectivity index (χ2v) is 6.90. The number of nitrogens with one attached hydrogen (secondary N) is 1. The van der Waals surface area contributed by atoms with Gasteiger partial charge in [0.25, 0.3) is 0 Å². The molecule has 4 nitrogen and oxygen atoms in total. The van der Waals surface area contributed by atoms with Crippen LogP contribution in [-0.4, -0.2) is 19.2 Å². The van der Waals surface area contributed by atoms with Gasteiger partial charge in [-0.1, -0.05) is 30.7 Å². The van der Waals surface area contributed by atoms with E-state index >= 15 is 0 Å². The lowest BCUT2D eigenvalue weighted by Crippen LogP contribution is -2.09. The molecule has 0 radical (unpaired) electrons. The Hall–Kier alpha value is -1.59. The second kappa shape index (κ2) is 6.24. The van der Waals surface area contributed by atoms with E-state index in [2.05, 4.69) is 10.3 Å². The Morgan fingerprint density at radius 1 is 1.20 bits per heavy atom. The first-order chi connectivity index (χ1) is 9.53. The highest BCUT2D eigenvalue weighted by Crippen LogP contribution is 2.22. The van der Waals surface area contributed by atoms with Crippen molar-refractivity contribution in [2.75, 3.05) is 11.1 Å². The van der Waals surface area contributed by atoms with Crippen LogP contribution in [0.2, 0.25) is 5.02 Å². The van der Waals surface area contributed by atoms with Crippen molar-refractivity contribution in [2.24, 2.45) is 0 Å². The van der Waals surface area contributed by atoms with Gasteiger partial charge in [-0.15, -0.1) is 0 Å². The van der Waals surface area contributed by atoms with E-state index in [9.17, 15) is 8.42 Å². The number of nitrogens with zero attached hydrogens (tertiary/aromatic N) is 1. The summed E-state index contributed by atoms with van der Waals surface area (Å²) in [4.78, 5) is 4.48. The molecular weight excluding hydrogens is 296 g/mol. The standard InChI is InChI=1S/C14H15ClN2O2S/c1-2-20(18,19)14-6-4-3-5-13(14)17-10-12-8-7-11(15)9-16-12/h3-9,17H,2,10H2,1H3. The largest absolute Gasteiger partial charge is 0.378 e. The van der Waals surface area contributed by atoms with Crippen LogP contribution in [0.1, 0.15) is 12.6 Å². The van der Waals surface area contributed by atoms with Crippen LogP contribution in [0.5, 0.6) is 0 Å². The number of hydrogen-bond donors (Lipinski definition) is 1. The van der Waals surface area contributed by atoms with Crippen LogP contribution in [-0.2, 0) is 16.4 Å². The molecule has 0 fully saturated rings. The van der Waals surface area contributed by atoms with Crippen molar-refractivity contribution in [1.29, 1.82) is 0 Å². The van der Waals surface area contributed by atoms with Gasteiger partial charge in [0.05, 0.1) is 33.6 Å². The molecule has 0 amide bonds. The molecule has 6 heteroatoms. The van der Waals surface area contributed by atoms with Crippen molar-refractivity contribution >= 4 is 27.1 Å². The van der Waals surface area contributed by atoms with E-state index < -0.39 is 9.84 Å². The predicted octanol–water partition coefficient (Wildman–Crippen LogP) is 3.14. The quantitative estimate of drug-likeness (QED) is 0.921. The van der Waals surface area contributed by atoms with Gasteiger partial charge in [-0.3, -0.25) is 4.98 Å². The average molecular weight is 311 g/mol. The summed E-state index contributed by atoms with van der Waals surface area (Å²) in [6.07, 6.45) is 1.56. The van der Waals surface area contributed by atoms with E-state index in [1.807, 2.05) is 0 Å². The molecule has 0 bridgehead atoms. The molecule has 0 saturated heterocycles. The van der Waals surface area contributed by atoms with Crippen LogP contribution >= 0.6 is 11.6 Å². The molecule has 1 heterocycles. The minimum Gasteiger partial charge on any atom is -0.378 e. The monoisotopic (exact) mass is 310 g/mol. The SMILES string of the molecule is CCS(=O)(=O)c1ccccc1NCc1ccc(Cl)cn1. The Bertz CT molecular complexity index is 685. The predicted molar refractivity (Wildman–Crippen MR) is 80.7 cm³/mol. The molecule has 0 aliphatic rings. The fraction of sp³-hybridized carbons (Fsp3) is 0.214. The van der Waals surface area contributed by atoms with Gasteiger partial charge in [-0.2, -0.15) is 0 Å². The van der Waals surface area contributed by atoms with E-state index in [1.54, 1.807) is 49.5 Å². The lowest BCUT2D eigenvalue weighted by Gasteiger charge is -2.11. The number of sulfone groups is 1. The average Bonchev–Trinajstić information content (AvgIpc) is 2.47. The van der Waals surface area contributed by atoms with Gasteiger partial charge >= 0.3 is 0 Å². The molecule has 0 saturated carbocycles. The van der Waals surface area contributed by atoms with Crippen LogP contribution < -0.4 is 5.32 Å². The highest BCUT2D eigenvalue weighted by Gasteiger charge is 2.15. The molecule has 0 unspecified atom stereocenters. The second-order valence-electron chi connectivity index (χ2n) is 4.22. The topological polar surface area (TPSA) is 59.1 Å². The summed E-state index contributed by atoms with van der Waals surface area (Å²) in [5.74, 6) is 0.0743. The first kappa shape index (κ1) is 14.8. The van der Waals surface area contributed by atoms with Gasteiger partial charge in [0.15, 0.2) is 9.84 Å². The van der Waals surface area contributed by atoms with Crippen LogP contribution in [0.25, 0.3) is 0 Å². The Labute approximate surface area is 123 Å². The number of pyridine rings is 1. The highest BCUT2D eigenvalue weighted by molar-refractivity contribution is 7.91. The maximum Gasteiger partial charge on any atom is 0.180 e. The summed E-state index contributed by atoms with van der Waals surface area (Å²) < 4.78 is 24.0. The summed E-state index contributed by atoms with van der Waals surface area (Å²) >= 11 is 5.77. The zero-order chi connectivity index (χ0) is 14.6. The van der Waals surface area contributed by atoms with Crippen molar-refractivity contribution in [3.8, 4) is 0 Å². The maximum atomic E-state index is 12.0. The fourth-order valence-corrected chi connectivity index (χ4v) is 2.92. The van der Waals surface area contributed by atoms with Gasteiger partial charge in [-0.05, 0) is 24.3 Å². The summed E-state index contributed by atoms with van der Waals surface area (Å²) in [6, 6.07) is 10.4. The summed E-state index contributed by atoms with van der Waals surface area (Å²) in [5.41, 5.74) is 1.38. The van der Waals surface area contributed by atoms with Gasteiger partial charge < -0.3 is 5.32 Å². The molecule has 0 aliphatic carbocycles. The van der Waals surface area contributed by atoms with Gasteiger partial charge in [0.1, 0.15) is 0 Å². The van der Waals surface area contributed by atoms with Crippen molar-refractivity contribution < 1.29 is 8.42 Å². The third-order valence-electron chi connectivity index (χ3n) is 2.85. The number of rotatable bonds is 5. The lowest BCUT2D eigenvalue weighted by molar-refractivity contribution is 0.597. The highest BCUT2D eigenvalue weighted by atomic mass is 35.5. The number of hydrogen-bond acceptors (Lipinski definition) is 4. The number of benzene rings is 1. The van der Waals surface area contributed by atoms with E-state index in [0.717, 1.165) is 5.69 Å². The Morgan fingerprint density at radius 3 is 2.60 bits per heavy atom. The third kappa shape index (κ3) is 3.49. The summed E-state index contributed by atoms with van der Waals surface area (Å²) in [5, 5.41) is 3.68. The zero-order valence-electron chi connectivity index (χ0n) is 11.0. The van der Waals surface area contributed by atoms with E-state index in [1.165, 1.54) is 0 Å². The van der Waals surface area contributed by atoms with Crippen molar-refractivity contribution in [3.63, 3.8) is 0 Å². The summed E-state index contributed by atoms with van der Waals surface area (Å²) in [6.45, 7) is 2.07. The van der Waals surface area contributed by atoms with Crippen LogP contribution in [0.15, 0.2) is 47.5 Å². The lowest BCUT2D eigenvalue weighted by atomic mass is 10.3. The molecule has 0 atom stereocenters. The molecule has 106 valence electrons. The van der Waals surface area contributed by atoms with E-state index in [-0.39, 0.29) is 5.75 Å². The number of aromatic nitrogens is 1. The molecule has 1 aromatic carbocycles. The van der Waals surface area contributed by atoms with Crippen LogP contribution in [0.3, 0.4) is 0 Å². The maximum absolute atomic E-state index is 12.0. The molecule has 2 rings (SSSR count). The minimum absolute atomic E-state index is 0.0743. The van der Waals surface area contributed by atoms with Crippen LogP contribution in [0, 0.1) is 0 Å². The normalized spacial score (nSPS) is 11.3. The Balaban J connectivity index is 2.20. The fourth-order valence-electron chi connectivity index (χ4n) is 1.74. The smallest absolute Gasteiger partial charge is 0.180 e. The van der Waals surface area contributed by atoms with E-state index in [0.29, 0.717) is 22.2 Å². The van der Waals surface area contributed by atoms with Gasteiger partial charge in [-0.25, -0.2) is 8.42 Å². The van der Waals surface area contributed by atoms with Crippen LogP contribution in [0.4, 0.5) is 5.69 Å².